The molecule has 0 atom stereocenters. The van der Waals surface area contributed by atoms with E-state index in [9.17, 15) is 0 Å². The topological polar surface area (TPSA) is 39.1 Å². The molecule has 6 heteroatoms. The summed E-state index contributed by atoms with van der Waals surface area (Å²) in [4.78, 5) is 0. The lowest BCUT2D eigenvalue weighted by atomic mass is 10.2. The van der Waals surface area contributed by atoms with E-state index < -0.39 is 0 Å². The number of aryl methyl sites for hydroxylation is 3. The number of nitrogens with one attached hydrogen (secondary N) is 1. The largest absolute Gasteiger partial charge is 0.481 e. The molecule has 0 fully saturated rings. The highest BCUT2D eigenvalue weighted by atomic mass is 79.9. The van der Waals surface area contributed by atoms with E-state index in [4.69, 9.17) is 4.74 Å². The second-order valence-electron chi connectivity index (χ2n) is 4.65. The summed E-state index contributed by atoms with van der Waals surface area (Å²) < 4.78 is 9.22. The maximum absolute atomic E-state index is 5.40. The van der Waals surface area contributed by atoms with Gasteiger partial charge in [-0.25, -0.2) is 4.68 Å². The molecule has 0 unspecified atom stereocenters. The van der Waals surface area contributed by atoms with Crippen molar-refractivity contribution in [1.29, 1.82) is 0 Å². The molecule has 0 saturated heterocycles. The molecule has 0 spiro atoms. The Morgan fingerprint density at radius 2 is 1.85 bits per heavy atom. The van der Waals surface area contributed by atoms with E-state index >= 15 is 0 Å². The van der Waals surface area contributed by atoms with E-state index in [2.05, 4.69) is 61.3 Å². The Morgan fingerprint density at radius 3 is 2.40 bits per heavy atom. The van der Waals surface area contributed by atoms with Gasteiger partial charge >= 0.3 is 0 Å². The zero-order valence-corrected chi connectivity index (χ0v) is 15.1. The third kappa shape index (κ3) is 3.01. The Morgan fingerprint density at radius 1 is 1.25 bits per heavy atom. The van der Waals surface area contributed by atoms with Crippen LogP contribution in [0.3, 0.4) is 0 Å². The average Bonchev–Trinajstić information content (AvgIpc) is 2.62. The van der Waals surface area contributed by atoms with Crippen LogP contribution in [0.5, 0.6) is 5.88 Å². The van der Waals surface area contributed by atoms with Gasteiger partial charge in [-0.2, -0.15) is 5.10 Å². The molecule has 20 heavy (non-hydrogen) atoms. The van der Waals surface area contributed by atoms with Crippen molar-refractivity contribution in [2.45, 2.75) is 20.4 Å². The highest BCUT2D eigenvalue weighted by Crippen LogP contribution is 2.33. The number of hydrogen-bond donors (Lipinski definition) is 1. The van der Waals surface area contributed by atoms with Crippen molar-refractivity contribution in [1.82, 2.24) is 9.78 Å². The maximum Gasteiger partial charge on any atom is 0.216 e. The van der Waals surface area contributed by atoms with Crippen molar-refractivity contribution in [2.24, 2.45) is 7.05 Å². The fourth-order valence-corrected chi connectivity index (χ4v) is 3.88. The van der Waals surface area contributed by atoms with Crippen LogP contribution in [0.1, 0.15) is 16.8 Å². The number of anilines is 1. The summed E-state index contributed by atoms with van der Waals surface area (Å²) in [5, 5.41) is 7.81. The lowest BCUT2D eigenvalue weighted by molar-refractivity contribution is 0.370. The smallest absolute Gasteiger partial charge is 0.216 e. The number of benzene rings is 1. The van der Waals surface area contributed by atoms with Gasteiger partial charge in [0.15, 0.2) is 0 Å². The fraction of sp³-hybridized carbons (Fsp3) is 0.357. The number of nitrogens with zero attached hydrogens (tertiary/aromatic N) is 2. The van der Waals surface area contributed by atoms with E-state index in [1.807, 2.05) is 14.0 Å². The Bertz CT molecular complexity index is 615. The first-order chi connectivity index (χ1) is 9.43. The second-order valence-corrected chi connectivity index (χ2v) is 6.36. The van der Waals surface area contributed by atoms with Crippen molar-refractivity contribution in [3.05, 3.63) is 37.9 Å². The molecule has 2 aromatic rings. The van der Waals surface area contributed by atoms with Crippen molar-refractivity contribution < 1.29 is 4.74 Å². The molecule has 108 valence electrons. The van der Waals surface area contributed by atoms with Gasteiger partial charge in [0, 0.05) is 22.5 Å². The molecule has 0 aliphatic carbocycles. The summed E-state index contributed by atoms with van der Waals surface area (Å²) in [6, 6.07) is 4.17. The van der Waals surface area contributed by atoms with Crippen molar-refractivity contribution in [3.63, 3.8) is 0 Å². The highest BCUT2D eigenvalue weighted by Gasteiger charge is 2.14. The molecular weight excluding hydrogens is 386 g/mol. The quantitative estimate of drug-likeness (QED) is 0.833. The first kappa shape index (κ1) is 15.4. The van der Waals surface area contributed by atoms with Crippen LogP contribution in [0.4, 0.5) is 5.69 Å². The van der Waals surface area contributed by atoms with Gasteiger partial charge in [0.2, 0.25) is 5.88 Å². The van der Waals surface area contributed by atoms with Gasteiger partial charge in [-0.1, -0.05) is 0 Å². The standard InChI is InChI=1S/C14H17Br2N3O/c1-8-5-11(15)13(12(16)6-8)17-7-10-9(2)18-19(3)14(10)20-4/h5-6,17H,7H2,1-4H3. The van der Waals surface area contributed by atoms with E-state index in [1.165, 1.54) is 5.56 Å². The number of methoxy groups -OCH3 is 1. The third-order valence-electron chi connectivity index (χ3n) is 3.11. The van der Waals surface area contributed by atoms with Crippen LogP contribution in [0.2, 0.25) is 0 Å². The van der Waals surface area contributed by atoms with Gasteiger partial charge in [0.25, 0.3) is 0 Å². The predicted octanol–water partition coefficient (Wildman–Crippen LogP) is 4.18. The maximum atomic E-state index is 5.40. The summed E-state index contributed by atoms with van der Waals surface area (Å²) >= 11 is 7.17. The third-order valence-corrected chi connectivity index (χ3v) is 4.36. The average molecular weight is 403 g/mol. The molecule has 0 aliphatic heterocycles. The Labute approximate surface area is 135 Å². The Hall–Kier alpha value is -1.01. The number of hydrogen-bond acceptors (Lipinski definition) is 3. The zero-order valence-electron chi connectivity index (χ0n) is 11.9. The minimum atomic E-state index is 0.656. The molecule has 2 rings (SSSR count). The molecule has 1 aromatic heterocycles. The number of rotatable bonds is 4. The van der Waals surface area contributed by atoms with E-state index in [-0.39, 0.29) is 0 Å². The SMILES string of the molecule is COc1c(CNc2c(Br)cc(C)cc2Br)c(C)nn1C. The van der Waals surface area contributed by atoms with Crippen LogP contribution >= 0.6 is 31.9 Å². The van der Waals surface area contributed by atoms with Gasteiger partial charge in [-0.3, -0.25) is 0 Å². The second kappa shape index (κ2) is 6.18. The van der Waals surface area contributed by atoms with Gasteiger partial charge in [-0.05, 0) is 63.4 Å². The van der Waals surface area contributed by atoms with Gasteiger partial charge in [-0.15, -0.1) is 0 Å². The minimum absolute atomic E-state index is 0.656. The predicted molar refractivity (Wildman–Crippen MR) is 88.4 cm³/mol. The van der Waals surface area contributed by atoms with Crippen LogP contribution in [0.25, 0.3) is 0 Å². The molecule has 0 aliphatic rings. The summed E-state index contributed by atoms with van der Waals surface area (Å²) in [6.07, 6.45) is 0. The van der Waals surface area contributed by atoms with Crippen LogP contribution in [0, 0.1) is 13.8 Å². The van der Waals surface area contributed by atoms with Gasteiger partial charge in [0.05, 0.1) is 24.1 Å². The lowest BCUT2D eigenvalue weighted by Crippen LogP contribution is -2.04. The number of halogens is 2. The molecule has 0 radical (unpaired) electrons. The zero-order chi connectivity index (χ0) is 14.9. The first-order valence-corrected chi connectivity index (χ1v) is 7.78. The lowest BCUT2D eigenvalue weighted by Gasteiger charge is -2.12. The minimum Gasteiger partial charge on any atom is -0.481 e. The van der Waals surface area contributed by atoms with Crippen LogP contribution in [0.15, 0.2) is 21.1 Å². The summed E-state index contributed by atoms with van der Waals surface area (Å²) in [6.45, 7) is 4.70. The van der Waals surface area contributed by atoms with Crippen LogP contribution < -0.4 is 10.1 Å². The van der Waals surface area contributed by atoms with Crippen LogP contribution in [-0.4, -0.2) is 16.9 Å². The molecular formula is C14H17Br2N3O. The first-order valence-electron chi connectivity index (χ1n) is 6.20. The van der Waals surface area contributed by atoms with Gasteiger partial charge < -0.3 is 10.1 Å². The Kier molecular flexibility index (Phi) is 4.75. The molecule has 0 saturated carbocycles. The molecule has 0 amide bonds. The fourth-order valence-electron chi connectivity index (χ4n) is 2.19. The van der Waals surface area contributed by atoms with Gasteiger partial charge in [0.1, 0.15) is 0 Å². The Balaban J connectivity index is 2.26. The molecule has 1 aromatic carbocycles. The normalized spacial score (nSPS) is 10.7. The highest BCUT2D eigenvalue weighted by molar-refractivity contribution is 9.11. The molecule has 1 heterocycles. The summed E-state index contributed by atoms with van der Waals surface area (Å²) in [7, 11) is 3.55. The van der Waals surface area contributed by atoms with E-state index in [0.29, 0.717) is 6.54 Å². The summed E-state index contributed by atoms with van der Waals surface area (Å²) in [5.74, 6) is 0.786. The van der Waals surface area contributed by atoms with Crippen molar-refractivity contribution in [3.8, 4) is 5.88 Å². The van der Waals surface area contributed by atoms with Crippen molar-refractivity contribution >= 4 is 37.5 Å². The van der Waals surface area contributed by atoms with E-state index in [1.54, 1.807) is 11.8 Å². The molecule has 1 N–H and O–H groups in total. The van der Waals surface area contributed by atoms with Crippen LogP contribution in [-0.2, 0) is 13.6 Å². The molecule has 4 nitrogen and oxygen atoms in total. The number of ether oxygens (including phenoxy) is 1. The van der Waals surface area contributed by atoms with Crippen molar-refractivity contribution in [2.75, 3.05) is 12.4 Å². The monoisotopic (exact) mass is 401 g/mol. The van der Waals surface area contributed by atoms with E-state index in [0.717, 1.165) is 31.8 Å². The number of aromatic nitrogens is 2. The molecule has 0 bridgehead atoms. The summed E-state index contributed by atoms with van der Waals surface area (Å²) in [5.41, 5.74) is 4.26.